The van der Waals surface area contributed by atoms with Crippen molar-refractivity contribution in [3.05, 3.63) is 169 Å². The highest BCUT2D eigenvalue weighted by atomic mass is 28.3. The van der Waals surface area contributed by atoms with Gasteiger partial charge in [-0.2, -0.15) is 5.26 Å². The van der Waals surface area contributed by atoms with E-state index in [0.29, 0.717) is 11.3 Å². The van der Waals surface area contributed by atoms with Crippen molar-refractivity contribution in [3.8, 4) is 6.07 Å². The lowest BCUT2D eigenvalue weighted by Gasteiger charge is -2.30. The van der Waals surface area contributed by atoms with Gasteiger partial charge in [0.05, 0.1) is 37.7 Å². The summed E-state index contributed by atoms with van der Waals surface area (Å²) in [6.07, 6.45) is 0. The number of para-hydroxylation sites is 1. The summed E-state index contributed by atoms with van der Waals surface area (Å²) in [6, 6.07) is 55.2. The summed E-state index contributed by atoms with van der Waals surface area (Å²) in [4.78, 5) is 8.29. The van der Waals surface area contributed by atoms with Crippen LogP contribution in [-0.2, 0) is 0 Å². The van der Waals surface area contributed by atoms with Crippen LogP contribution < -0.4 is 15.0 Å². The Morgan fingerprint density at radius 3 is 1.58 bits per heavy atom. The summed E-state index contributed by atoms with van der Waals surface area (Å²) in [7, 11) is -1.60. The van der Waals surface area contributed by atoms with Gasteiger partial charge in [-0.1, -0.05) is 104 Å². The average molecular weight is 659 g/mol. The Hall–Kier alpha value is -6.40. The minimum Gasteiger partial charge on any atom is -0.310 e. The standard InChI is InChI=1S/C45H34N4Si/c1-47-34-19-23-37(24-20-34)49(38-11-8-12-39(29-38)50(2,3)4)43-28-18-33-15-25-40-42(27-17-32-16-26-41(43)45(33)44(32)40)48(35-9-6-5-7-10-35)36-21-13-31(30-46)14-22-36/h5-29H,2-4H3. The molecule has 0 fully saturated rings. The van der Waals surface area contributed by atoms with Crippen molar-refractivity contribution in [1.29, 1.82) is 5.26 Å². The molecule has 0 heterocycles. The topological polar surface area (TPSA) is 34.6 Å². The van der Waals surface area contributed by atoms with Crippen molar-refractivity contribution in [2.75, 3.05) is 9.80 Å². The Bertz CT molecular complexity index is 2590. The number of nitriles is 1. The first-order valence-electron chi connectivity index (χ1n) is 16.8. The lowest BCUT2D eigenvalue weighted by molar-refractivity contribution is 1.29. The van der Waals surface area contributed by atoms with Crippen LogP contribution in [0.2, 0.25) is 19.6 Å². The molecule has 8 aromatic rings. The minimum absolute atomic E-state index is 0.623. The van der Waals surface area contributed by atoms with Crippen LogP contribution in [0, 0.1) is 17.9 Å². The maximum Gasteiger partial charge on any atom is 0.187 e. The molecule has 4 nitrogen and oxygen atoms in total. The summed E-state index contributed by atoms with van der Waals surface area (Å²) in [5, 5.41) is 18.0. The van der Waals surface area contributed by atoms with E-state index < -0.39 is 8.07 Å². The van der Waals surface area contributed by atoms with E-state index in [1.807, 2.05) is 42.5 Å². The minimum atomic E-state index is -1.60. The maximum atomic E-state index is 9.50. The molecule has 0 unspecified atom stereocenters. The molecule has 238 valence electrons. The third-order valence-corrected chi connectivity index (χ3v) is 11.6. The van der Waals surface area contributed by atoms with Gasteiger partial charge in [0.2, 0.25) is 0 Å². The largest absolute Gasteiger partial charge is 0.310 e. The Labute approximate surface area is 293 Å². The first kappa shape index (κ1) is 30.9. The Balaban J connectivity index is 1.39. The number of rotatable bonds is 7. The Morgan fingerprint density at radius 2 is 1.04 bits per heavy atom. The average Bonchev–Trinajstić information content (AvgIpc) is 3.16. The molecule has 0 atom stereocenters. The van der Waals surface area contributed by atoms with Gasteiger partial charge < -0.3 is 9.80 Å². The van der Waals surface area contributed by atoms with Crippen molar-refractivity contribution < 1.29 is 0 Å². The van der Waals surface area contributed by atoms with Crippen LogP contribution in [0.1, 0.15) is 5.56 Å². The van der Waals surface area contributed by atoms with Crippen molar-refractivity contribution in [2.45, 2.75) is 19.6 Å². The molecule has 0 radical (unpaired) electrons. The number of nitrogens with zero attached hydrogens (tertiary/aromatic N) is 4. The third kappa shape index (κ3) is 5.31. The van der Waals surface area contributed by atoms with Crippen LogP contribution >= 0.6 is 0 Å². The molecule has 0 saturated heterocycles. The molecule has 0 aromatic heterocycles. The third-order valence-electron chi connectivity index (χ3n) is 9.58. The van der Waals surface area contributed by atoms with Gasteiger partial charge in [0.25, 0.3) is 0 Å². The van der Waals surface area contributed by atoms with E-state index in [0.717, 1.165) is 44.9 Å². The van der Waals surface area contributed by atoms with Gasteiger partial charge in [0, 0.05) is 33.5 Å². The van der Waals surface area contributed by atoms with Crippen LogP contribution in [0.5, 0.6) is 0 Å². The highest BCUT2D eigenvalue weighted by Crippen LogP contribution is 2.47. The second-order valence-electron chi connectivity index (χ2n) is 13.7. The van der Waals surface area contributed by atoms with Gasteiger partial charge in [-0.15, -0.1) is 0 Å². The molecule has 0 aliphatic carbocycles. The van der Waals surface area contributed by atoms with Gasteiger partial charge in [0.1, 0.15) is 0 Å². The van der Waals surface area contributed by atoms with Gasteiger partial charge in [0.15, 0.2) is 5.69 Å². The number of benzene rings is 8. The van der Waals surface area contributed by atoms with E-state index in [-0.39, 0.29) is 0 Å². The van der Waals surface area contributed by atoms with Crippen LogP contribution in [0.3, 0.4) is 0 Å². The van der Waals surface area contributed by atoms with Gasteiger partial charge in [-0.3, -0.25) is 0 Å². The fraction of sp³-hybridized carbons (Fsp3) is 0.0667. The van der Waals surface area contributed by atoms with E-state index in [1.54, 1.807) is 0 Å². The number of hydrogen-bond donors (Lipinski definition) is 0. The van der Waals surface area contributed by atoms with Crippen LogP contribution in [0.15, 0.2) is 152 Å². The molecule has 0 bridgehead atoms. The zero-order chi connectivity index (χ0) is 34.4. The van der Waals surface area contributed by atoms with Crippen molar-refractivity contribution in [3.63, 3.8) is 0 Å². The molecule has 0 spiro atoms. The summed E-state index contributed by atoms with van der Waals surface area (Å²) >= 11 is 0. The van der Waals surface area contributed by atoms with Gasteiger partial charge in [-0.05, 0) is 94.3 Å². The smallest absolute Gasteiger partial charge is 0.187 e. The molecule has 0 aliphatic heterocycles. The zero-order valence-corrected chi connectivity index (χ0v) is 29.2. The van der Waals surface area contributed by atoms with E-state index in [4.69, 9.17) is 6.57 Å². The zero-order valence-electron chi connectivity index (χ0n) is 28.2. The van der Waals surface area contributed by atoms with E-state index in [9.17, 15) is 5.26 Å². The lowest BCUT2D eigenvalue weighted by Crippen LogP contribution is -2.37. The lowest BCUT2D eigenvalue weighted by atomic mass is 9.91. The van der Waals surface area contributed by atoms with Crippen LogP contribution in [0.25, 0.3) is 37.2 Å². The van der Waals surface area contributed by atoms with Crippen molar-refractivity contribution in [2.24, 2.45) is 0 Å². The molecule has 5 heteroatoms. The van der Waals surface area contributed by atoms with Gasteiger partial charge >= 0.3 is 0 Å². The molecule has 8 rings (SSSR count). The molecule has 0 saturated carbocycles. The monoisotopic (exact) mass is 658 g/mol. The fourth-order valence-electron chi connectivity index (χ4n) is 7.06. The molecular weight excluding hydrogens is 625 g/mol. The van der Waals surface area contributed by atoms with E-state index in [2.05, 4.69) is 150 Å². The molecule has 0 N–H and O–H groups in total. The predicted molar refractivity (Wildman–Crippen MR) is 213 cm³/mol. The first-order chi connectivity index (χ1) is 24.3. The normalized spacial score (nSPS) is 11.5. The molecule has 50 heavy (non-hydrogen) atoms. The van der Waals surface area contributed by atoms with E-state index >= 15 is 0 Å². The fourth-order valence-corrected chi connectivity index (χ4v) is 8.24. The predicted octanol–water partition coefficient (Wildman–Crippen LogP) is 12.5. The van der Waals surface area contributed by atoms with E-state index in [1.165, 1.54) is 26.7 Å². The van der Waals surface area contributed by atoms with Crippen molar-refractivity contribution in [1.82, 2.24) is 0 Å². The van der Waals surface area contributed by atoms with Gasteiger partial charge in [-0.25, -0.2) is 4.85 Å². The van der Waals surface area contributed by atoms with Crippen molar-refractivity contribution >= 4 is 85.4 Å². The molecule has 8 aromatic carbocycles. The SMILES string of the molecule is [C-]#[N+]c1ccc(N(c2cccc([Si](C)(C)C)c2)c2ccc3ccc4c(N(c5ccccc5)c5ccc(C#N)cc5)ccc5ccc2c3c54)cc1. The first-order valence-corrected chi connectivity index (χ1v) is 20.3. The summed E-state index contributed by atoms with van der Waals surface area (Å²) in [5.74, 6) is 0. The summed E-state index contributed by atoms with van der Waals surface area (Å²) in [5.41, 5.74) is 7.57. The summed E-state index contributed by atoms with van der Waals surface area (Å²) < 4.78 is 0. The Morgan fingerprint density at radius 1 is 0.540 bits per heavy atom. The molecular formula is C45H34N4Si. The second kappa shape index (κ2) is 12.2. The second-order valence-corrected chi connectivity index (χ2v) is 18.8. The molecule has 0 aliphatic rings. The highest BCUT2D eigenvalue weighted by Gasteiger charge is 2.23. The summed E-state index contributed by atoms with van der Waals surface area (Å²) in [6.45, 7) is 14.7. The van der Waals surface area contributed by atoms with Crippen LogP contribution in [-0.4, -0.2) is 8.07 Å². The number of hydrogen-bond acceptors (Lipinski definition) is 3. The molecule has 0 amide bonds. The van der Waals surface area contributed by atoms with Crippen LogP contribution in [0.4, 0.5) is 39.8 Å². The Kier molecular flexibility index (Phi) is 7.56. The highest BCUT2D eigenvalue weighted by molar-refractivity contribution is 6.88. The quantitative estimate of drug-likeness (QED) is 0.0971. The maximum absolute atomic E-state index is 9.50. The number of anilines is 6.